The van der Waals surface area contributed by atoms with Crippen molar-refractivity contribution in [3.63, 3.8) is 0 Å². The van der Waals surface area contributed by atoms with E-state index in [0.29, 0.717) is 24.8 Å². The topological polar surface area (TPSA) is 80.2 Å². The number of hydrogen-bond donors (Lipinski definition) is 2. The van der Waals surface area contributed by atoms with Gasteiger partial charge in [0.2, 0.25) is 5.91 Å². The normalized spacial score (nSPS) is 26.8. The second kappa shape index (κ2) is 5.76. The van der Waals surface area contributed by atoms with Crippen LogP contribution in [0.15, 0.2) is 17.1 Å². The minimum Gasteiger partial charge on any atom is -0.351 e. The summed E-state index contributed by atoms with van der Waals surface area (Å²) in [7, 11) is 0. The van der Waals surface area contributed by atoms with E-state index in [9.17, 15) is 14.4 Å². The molecule has 6 nitrogen and oxygen atoms in total. The molecule has 1 aromatic rings. The van der Waals surface area contributed by atoms with E-state index in [-0.39, 0.29) is 34.9 Å². The van der Waals surface area contributed by atoms with E-state index in [1.165, 1.54) is 0 Å². The number of aromatic nitrogens is 1. The molecule has 3 aliphatic rings. The van der Waals surface area contributed by atoms with E-state index >= 15 is 0 Å². The molecule has 0 aromatic carbocycles. The van der Waals surface area contributed by atoms with E-state index in [1.807, 2.05) is 11.5 Å². The summed E-state index contributed by atoms with van der Waals surface area (Å²) < 4.78 is 2.04. The van der Waals surface area contributed by atoms with Gasteiger partial charge in [0.25, 0.3) is 5.91 Å². The molecule has 2 heterocycles. The Balaban J connectivity index is 1.54. The van der Waals surface area contributed by atoms with Crippen LogP contribution in [0, 0.1) is 12.8 Å². The first-order chi connectivity index (χ1) is 11.5. The Morgan fingerprint density at radius 1 is 1.21 bits per heavy atom. The number of aryl methyl sites for hydroxylation is 1. The van der Waals surface area contributed by atoms with Gasteiger partial charge in [-0.15, -0.1) is 0 Å². The van der Waals surface area contributed by atoms with Crippen LogP contribution in [-0.4, -0.2) is 28.5 Å². The van der Waals surface area contributed by atoms with Crippen LogP contribution in [0.5, 0.6) is 0 Å². The molecule has 3 fully saturated rings. The number of carbonyl (C=O) groups is 2. The van der Waals surface area contributed by atoms with Gasteiger partial charge in [-0.3, -0.25) is 14.4 Å². The van der Waals surface area contributed by atoms with Crippen molar-refractivity contribution in [2.24, 2.45) is 5.92 Å². The van der Waals surface area contributed by atoms with E-state index < -0.39 is 0 Å². The maximum absolute atomic E-state index is 12.7. The number of nitrogens with one attached hydrogen (secondary N) is 2. The lowest BCUT2D eigenvalue weighted by Crippen LogP contribution is -2.56. The van der Waals surface area contributed by atoms with Crippen molar-refractivity contribution in [3.05, 3.63) is 33.7 Å². The third-order valence-electron chi connectivity index (χ3n) is 5.36. The zero-order chi connectivity index (χ0) is 16.8. The average molecular weight is 329 g/mol. The number of rotatable bonds is 4. The van der Waals surface area contributed by atoms with Crippen LogP contribution < -0.4 is 16.1 Å². The fourth-order valence-corrected chi connectivity index (χ4v) is 3.70. The lowest BCUT2D eigenvalue weighted by molar-refractivity contribution is -0.124. The molecule has 4 rings (SSSR count). The van der Waals surface area contributed by atoms with Gasteiger partial charge >= 0.3 is 0 Å². The third kappa shape index (κ3) is 2.97. The monoisotopic (exact) mass is 329 g/mol. The first kappa shape index (κ1) is 15.4. The Bertz CT molecular complexity index is 746. The van der Waals surface area contributed by atoms with E-state index in [2.05, 4.69) is 10.6 Å². The Labute approximate surface area is 140 Å². The summed E-state index contributed by atoms with van der Waals surface area (Å²) in [4.78, 5) is 36.6. The number of nitrogens with zero attached hydrogens (tertiary/aromatic N) is 1. The molecule has 0 spiro atoms. The van der Waals surface area contributed by atoms with Crippen molar-refractivity contribution >= 4 is 11.8 Å². The lowest BCUT2D eigenvalue weighted by atomic mass is 9.94. The highest BCUT2D eigenvalue weighted by Crippen LogP contribution is 2.37. The highest BCUT2D eigenvalue weighted by molar-refractivity contribution is 5.94. The van der Waals surface area contributed by atoms with E-state index in [4.69, 9.17) is 0 Å². The highest BCUT2D eigenvalue weighted by atomic mass is 16.2. The van der Waals surface area contributed by atoms with E-state index in [1.54, 1.807) is 12.3 Å². The van der Waals surface area contributed by atoms with Crippen LogP contribution in [0.25, 0.3) is 0 Å². The minimum atomic E-state index is -0.318. The fourth-order valence-electron chi connectivity index (χ4n) is 3.70. The molecular weight excluding hydrogens is 306 g/mol. The Morgan fingerprint density at radius 3 is 2.62 bits per heavy atom. The summed E-state index contributed by atoms with van der Waals surface area (Å²) in [6.45, 7) is 1.90. The van der Waals surface area contributed by atoms with Crippen molar-refractivity contribution < 1.29 is 9.59 Å². The van der Waals surface area contributed by atoms with Crippen LogP contribution in [0.4, 0.5) is 0 Å². The molecular formula is C18H23N3O3. The molecule has 1 aliphatic heterocycles. The summed E-state index contributed by atoms with van der Waals surface area (Å²) in [6, 6.07) is 1.89. The number of piperidine rings is 1. The van der Waals surface area contributed by atoms with Crippen molar-refractivity contribution in [1.29, 1.82) is 0 Å². The molecule has 0 unspecified atom stereocenters. The largest absolute Gasteiger partial charge is 0.351 e. The Kier molecular flexibility index (Phi) is 3.70. The lowest BCUT2D eigenvalue weighted by Gasteiger charge is -2.33. The van der Waals surface area contributed by atoms with Crippen molar-refractivity contribution in [1.82, 2.24) is 15.2 Å². The molecule has 128 valence electrons. The van der Waals surface area contributed by atoms with Crippen LogP contribution in [0.2, 0.25) is 0 Å². The van der Waals surface area contributed by atoms with Gasteiger partial charge in [-0.25, -0.2) is 0 Å². The van der Waals surface area contributed by atoms with E-state index in [0.717, 1.165) is 31.4 Å². The molecule has 0 bridgehead atoms. The minimum absolute atomic E-state index is 0.00584. The second-order valence-electron chi connectivity index (χ2n) is 7.38. The predicted molar refractivity (Wildman–Crippen MR) is 88.9 cm³/mol. The standard InChI is InChI=1S/C18H23N3O3/c1-10-8-15(22)13(9-21(10)12-4-5-12)18(24)19-14-6-7-16(23)20-17(14)11-2-3-11/h8-9,11-12,14,17H,2-7H2,1H3,(H,19,24)(H,20,23)/t14-,17+/m1/s1. The number of pyridine rings is 1. The van der Waals surface area contributed by atoms with Gasteiger partial charge in [0.05, 0.1) is 12.1 Å². The smallest absolute Gasteiger partial charge is 0.257 e. The fraction of sp³-hybridized carbons (Fsp3) is 0.611. The summed E-state index contributed by atoms with van der Waals surface area (Å²) in [5.41, 5.74) is 0.878. The maximum atomic E-state index is 12.7. The third-order valence-corrected chi connectivity index (χ3v) is 5.36. The molecule has 2 aliphatic carbocycles. The molecule has 2 N–H and O–H groups in total. The average Bonchev–Trinajstić information content (AvgIpc) is 3.41. The van der Waals surface area contributed by atoms with Crippen molar-refractivity contribution in [3.8, 4) is 0 Å². The van der Waals surface area contributed by atoms with Crippen LogP contribution in [0.3, 0.4) is 0 Å². The number of carbonyl (C=O) groups excluding carboxylic acids is 2. The summed E-state index contributed by atoms with van der Waals surface area (Å²) in [5, 5.41) is 6.02. The molecule has 6 heteroatoms. The summed E-state index contributed by atoms with van der Waals surface area (Å²) >= 11 is 0. The maximum Gasteiger partial charge on any atom is 0.257 e. The molecule has 0 radical (unpaired) electrons. The van der Waals surface area contributed by atoms with Crippen molar-refractivity contribution in [2.75, 3.05) is 0 Å². The molecule has 2 saturated carbocycles. The second-order valence-corrected chi connectivity index (χ2v) is 7.38. The van der Waals surface area contributed by atoms with Gasteiger partial charge < -0.3 is 15.2 Å². The van der Waals surface area contributed by atoms with Crippen molar-refractivity contribution in [2.45, 2.75) is 63.6 Å². The van der Waals surface area contributed by atoms with Gasteiger partial charge in [0, 0.05) is 30.4 Å². The van der Waals surface area contributed by atoms with Gasteiger partial charge in [0.1, 0.15) is 5.56 Å². The Morgan fingerprint density at radius 2 is 1.96 bits per heavy atom. The molecule has 1 aromatic heterocycles. The first-order valence-electron chi connectivity index (χ1n) is 8.86. The highest BCUT2D eigenvalue weighted by Gasteiger charge is 2.40. The van der Waals surface area contributed by atoms with Crippen LogP contribution in [-0.2, 0) is 4.79 Å². The van der Waals surface area contributed by atoms with Gasteiger partial charge in [-0.1, -0.05) is 0 Å². The summed E-state index contributed by atoms with van der Waals surface area (Å²) in [6.07, 6.45) is 7.16. The van der Waals surface area contributed by atoms with Gasteiger partial charge in [-0.2, -0.15) is 0 Å². The number of amides is 2. The molecule has 2 atom stereocenters. The summed E-state index contributed by atoms with van der Waals surface area (Å²) in [5.74, 6) is 0.200. The Hall–Kier alpha value is -2.11. The van der Waals surface area contributed by atoms with Gasteiger partial charge in [-0.05, 0) is 44.9 Å². The number of hydrogen-bond acceptors (Lipinski definition) is 3. The first-order valence-corrected chi connectivity index (χ1v) is 8.86. The van der Waals surface area contributed by atoms with Crippen LogP contribution >= 0.6 is 0 Å². The predicted octanol–water partition coefficient (Wildman–Crippen LogP) is 1.28. The molecule has 24 heavy (non-hydrogen) atoms. The zero-order valence-corrected chi connectivity index (χ0v) is 13.9. The zero-order valence-electron chi connectivity index (χ0n) is 13.9. The SMILES string of the molecule is Cc1cc(=O)c(C(=O)N[C@@H]2CCC(=O)N[C@H]2C2CC2)cn1C1CC1. The van der Waals surface area contributed by atoms with Gasteiger partial charge in [0.15, 0.2) is 5.43 Å². The van der Waals surface area contributed by atoms with Crippen LogP contribution in [0.1, 0.15) is 60.6 Å². The quantitative estimate of drug-likeness (QED) is 0.873. The molecule has 1 saturated heterocycles. The molecule has 2 amide bonds.